The largest absolute Gasteiger partial charge is 0.496 e. The molecule has 0 saturated carbocycles. The molecule has 0 aromatic heterocycles. The Balaban J connectivity index is 2.16. The fraction of sp³-hybridized carbons (Fsp3) is 0.588. The highest BCUT2D eigenvalue weighted by atomic mass is 16.5. The average molecular weight is 304 g/mol. The molecule has 1 aromatic rings. The SMILES string of the molecule is COC[C@@H]1CN(Cc2cc(C#N)ccc2OC)CC(C)(C)O1. The fourth-order valence-corrected chi connectivity index (χ4v) is 3.02. The van der Waals surface area contributed by atoms with Gasteiger partial charge in [0, 0.05) is 32.3 Å². The molecule has 2 rings (SSSR count). The van der Waals surface area contributed by atoms with E-state index in [2.05, 4.69) is 24.8 Å². The maximum absolute atomic E-state index is 9.09. The van der Waals surface area contributed by atoms with Gasteiger partial charge >= 0.3 is 0 Å². The van der Waals surface area contributed by atoms with Gasteiger partial charge in [-0.2, -0.15) is 5.26 Å². The van der Waals surface area contributed by atoms with Crippen LogP contribution in [0.4, 0.5) is 0 Å². The minimum absolute atomic E-state index is 0.0545. The molecule has 22 heavy (non-hydrogen) atoms. The highest BCUT2D eigenvalue weighted by Gasteiger charge is 2.33. The van der Waals surface area contributed by atoms with E-state index < -0.39 is 0 Å². The molecule has 1 heterocycles. The number of benzene rings is 1. The summed E-state index contributed by atoms with van der Waals surface area (Å²) in [7, 11) is 3.34. The van der Waals surface area contributed by atoms with E-state index in [1.165, 1.54) is 0 Å². The predicted molar refractivity (Wildman–Crippen MR) is 83.8 cm³/mol. The maximum atomic E-state index is 9.09. The number of methoxy groups -OCH3 is 2. The smallest absolute Gasteiger partial charge is 0.123 e. The minimum Gasteiger partial charge on any atom is -0.496 e. The van der Waals surface area contributed by atoms with Crippen LogP contribution >= 0.6 is 0 Å². The molecule has 0 spiro atoms. The molecular formula is C17H24N2O3. The van der Waals surface area contributed by atoms with Crippen LogP contribution in [0.15, 0.2) is 18.2 Å². The summed E-state index contributed by atoms with van der Waals surface area (Å²) >= 11 is 0. The number of ether oxygens (including phenoxy) is 3. The third-order valence-corrected chi connectivity index (χ3v) is 3.71. The minimum atomic E-state index is -0.221. The summed E-state index contributed by atoms with van der Waals surface area (Å²) in [5, 5.41) is 9.09. The Hall–Kier alpha value is -1.61. The normalized spacial score (nSPS) is 21.3. The van der Waals surface area contributed by atoms with Gasteiger partial charge in [0.15, 0.2) is 0 Å². The first kappa shape index (κ1) is 16.8. The highest BCUT2D eigenvalue weighted by Crippen LogP contribution is 2.26. The summed E-state index contributed by atoms with van der Waals surface area (Å²) < 4.78 is 16.7. The van der Waals surface area contributed by atoms with E-state index in [0.717, 1.165) is 30.9 Å². The zero-order valence-corrected chi connectivity index (χ0v) is 13.8. The molecule has 1 fully saturated rings. The maximum Gasteiger partial charge on any atom is 0.123 e. The van der Waals surface area contributed by atoms with E-state index in [1.54, 1.807) is 20.3 Å². The lowest BCUT2D eigenvalue weighted by Crippen LogP contribution is -2.53. The summed E-state index contributed by atoms with van der Waals surface area (Å²) in [6, 6.07) is 7.71. The fourth-order valence-electron chi connectivity index (χ4n) is 3.02. The summed E-state index contributed by atoms with van der Waals surface area (Å²) in [6.07, 6.45) is 0.0545. The third kappa shape index (κ3) is 4.20. The lowest BCUT2D eigenvalue weighted by Gasteiger charge is -2.42. The average Bonchev–Trinajstić information content (AvgIpc) is 2.45. The van der Waals surface area contributed by atoms with Gasteiger partial charge in [-0.05, 0) is 32.0 Å². The first-order valence-electron chi connectivity index (χ1n) is 7.43. The summed E-state index contributed by atoms with van der Waals surface area (Å²) in [6.45, 7) is 7.11. The van der Waals surface area contributed by atoms with Crippen LogP contribution in [0, 0.1) is 11.3 Å². The molecule has 0 unspecified atom stereocenters. The molecule has 0 amide bonds. The van der Waals surface area contributed by atoms with Gasteiger partial charge in [0.2, 0.25) is 0 Å². The molecule has 1 saturated heterocycles. The lowest BCUT2D eigenvalue weighted by atomic mass is 10.0. The second-order valence-corrected chi connectivity index (χ2v) is 6.26. The van der Waals surface area contributed by atoms with Crippen LogP contribution in [0.1, 0.15) is 25.0 Å². The zero-order chi connectivity index (χ0) is 16.2. The Morgan fingerprint density at radius 3 is 2.82 bits per heavy atom. The van der Waals surface area contributed by atoms with Crippen LogP contribution in [0.5, 0.6) is 5.75 Å². The number of morpholine rings is 1. The van der Waals surface area contributed by atoms with Gasteiger partial charge in [0.1, 0.15) is 5.75 Å². The molecule has 1 aliphatic rings. The molecular weight excluding hydrogens is 280 g/mol. The number of nitriles is 1. The second kappa shape index (κ2) is 7.10. The highest BCUT2D eigenvalue weighted by molar-refractivity contribution is 5.42. The Morgan fingerprint density at radius 2 is 2.18 bits per heavy atom. The lowest BCUT2D eigenvalue weighted by molar-refractivity contribution is -0.154. The van der Waals surface area contributed by atoms with Crippen LogP contribution in [0.2, 0.25) is 0 Å². The van der Waals surface area contributed by atoms with Crippen molar-refractivity contribution in [2.75, 3.05) is 33.9 Å². The van der Waals surface area contributed by atoms with Crippen LogP contribution in [0.25, 0.3) is 0 Å². The van der Waals surface area contributed by atoms with Crippen molar-refractivity contribution in [2.24, 2.45) is 0 Å². The van der Waals surface area contributed by atoms with E-state index in [-0.39, 0.29) is 11.7 Å². The Kier molecular flexibility index (Phi) is 5.41. The Bertz CT molecular complexity index is 551. The molecule has 120 valence electrons. The van der Waals surface area contributed by atoms with Gasteiger partial charge < -0.3 is 14.2 Å². The molecule has 0 N–H and O–H groups in total. The predicted octanol–water partition coefficient (Wildman–Crippen LogP) is 2.19. The number of hydrogen-bond acceptors (Lipinski definition) is 5. The van der Waals surface area contributed by atoms with Crippen molar-refractivity contribution in [1.82, 2.24) is 4.90 Å². The van der Waals surface area contributed by atoms with Crippen molar-refractivity contribution < 1.29 is 14.2 Å². The molecule has 5 heteroatoms. The van der Waals surface area contributed by atoms with E-state index >= 15 is 0 Å². The molecule has 0 radical (unpaired) electrons. The Labute approximate surface area is 132 Å². The van der Waals surface area contributed by atoms with Gasteiger partial charge in [0.25, 0.3) is 0 Å². The van der Waals surface area contributed by atoms with E-state index in [0.29, 0.717) is 12.2 Å². The first-order chi connectivity index (χ1) is 10.5. The molecule has 0 bridgehead atoms. The monoisotopic (exact) mass is 304 g/mol. The quantitative estimate of drug-likeness (QED) is 0.834. The van der Waals surface area contributed by atoms with E-state index in [9.17, 15) is 0 Å². The van der Waals surface area contributed by atoms with Crippen molar-refractivity contribution in [1.29, 1.82) is 5.26 Å². The van der Waals surface area contributed by atoms with Crippen molar-refractivity contribution in [2.45, 2.75) is 32.1 Å². The zero-order valence-electron chi connectivity index (χ0n) is 13.8. The van der Waals surface area contributed by atoms with Gasteiger partial charge in [-0.1, -0.05) is 0 Å². The van der Waals surface area contributed by atoms with Gasteiger partial charge in [-0.25, -0.2) is 0 Å². The van der Waals surface area contributed by atoms with Crippen molar-refractivity contribution in [3.8, 4) is 11.8 Å². The molecule has 5 nitrogen and oxygen atoms in total. The Morgan fingerprint density at radius 1 is 1.41 bits per heavy atom. The number of rotatable bonds is 5. The van der Waals surface area contributed by atoms with Crippen molar-refractivity contribution >= 4 is 0 Å². The summed E-state index contributed by atoms with van der Waals surface area (Å²) in [4.78, 5) is 2.33. The summed E-state index contributed by atoms with van der Waals surface area (Å²) in [5.41, 5.74) is 1.45. The first-order valence-corrected chi connectivity index (χ1v) is 7.43. The number of nitrogens with zero attached hydrogens (tertiary/aromatic N) is 2. The number of hydrogen-bond donors (Lipinski definition) is 0. The van der Waals surface area contributed by atoms with Crippen molar-refractivity contribution in [3.63, 3.8) is 0 Å². The summed E-state index contributed by atoms with van der Waals surface area (Å²) in [5.74, 6) is 0.812. The second-order valence-electron chi connectivity index (χ2n) is 6.26. The molecule has 1 aliphatic heterocycles. The molecule has 1 aromatic carbocycles. The topological polar surface area (TPSA) is 54.7 Å². The van der Waals surface area contributed by atoms with Gasteiger partial charge in [-0.15, -0.1) is 0 Å². The molecule has 0 aliphatic carbocycles. The van der Waals surface area contributed by atoms with Crippen molar-refractivity contribution in [3.05, 3.63) is 29.3 Å². The van der Waals surface area contributed by atoms with Crippen LogP contribution in [-0.4, -0.2) is 50.5 Å². The van der Waals surface area contributed by atoms with Gasteiger partial charge in [-0.3, -0.25) is 4.90 Å². The van der Waals surface area contributed by atoms with Crippen LogP contribution < -0.4 is 4.74 Å². The molecule has 1 atom stereocenters. The third-order valence-electron chi connectivity index (χ3n) is 3.71. The van der Waals surface area contributed by atoms with E-state index in [1.807, 2.05) is 12.1 Å². The van der Waals surface area contributed by atoms with Gasteiger partial charge in [0.05, 0.1) is 37.1 Å². The van der Waals surface area contributed by atoms with Crippen LogP contribution in [-0.2, 0) is 16.0 Å². The van der Waals surface area contributed by atoms with Crippen LogP contribution in [0.3, 0.4) is 0 Å². The standard InChI is InChI=1S/C17H24N2O3/c1-17(2)12-19(10-15(22-17)11-20-3)9-14-7-13(8-18)5-6-16(14)21-4/h5-7,15H,9-12H2,1-4H3/t15-/m0/s1. The van der Waals surface area contributed by atoms with E-state index in [4.69, 9.17) is 19.5 Å².